The molecule has 2 aliphatic rings. The van der Waals surface area contributed by atoms with Crippen LogP contribution in [0.5, 0.6) is 0 Å². The molecule has 5 aromatic rings. The molecule has 48 heavy (non-hydrogen) atoms. The fraction of sp³-hybridized carbons (Fsp3) is 0.314. The van der Waals surface area contributed by atoms with Crippen LogP contribution in [0.1, 0.15) is 67.0 Å². The quantitative estimate of drug-likeness (QED) is 0.199. The van der Waals surface area contributed by atoms with Crippen LogP contribution in [0.4, 0.5) is 4.79 Å². The standard InChI is InChI=1S/C35H36N8O5/c1-21(39-35(46)47-2)33(44)42-16-3-5-28(42)30-37-19-26(40-30)24-11-7-22(8-12-24)23-9-13-25(14-10-23)27-20-38-31(41-27)29-6-4-17-43(29)34(45)32-36-15-18-48-32/h7-15,18-21,28-29H,3-6,16-17H2,1-2H3,(H,37,40)(H,38,41)(H,39,46)/t21-,28-,29-/m0/s1. The van der Waals surface area contributed by atoms with Crippen molar-refractivity contribution < 1.29 is 23.5 Å². The number of aromatic amines is 2. The van der Waals surface area contributed by atoms with Crippen LogP contribution in [0.15, 0.2) is 77.8 Å². The second-order valence-corrected chi connectivity index (χ2v) is 12.1. The first-order valence-electron chi connectivity index (χ1n) is 16.1. The minimum Gasteiger partial charge on any atom is -0.453 e. The molecule has 3 aromatic heterocycles. The number of ether oxygens (including phenoxy) is 1. The zero-order valence-electron chi connectivity index (χ0n) is 26.7. The molecule has 246 valence electrons. The van der Waals surface area contributed by atoms with Gasteiger partial charge in [-0.3, -0.25) is 9.59 Å². The van der Waals surface area contributed by atoms with Gasteiger partial charge in [0.25, 0.3) is 5.89 Å². The summed E-state index contributed by atoms with van der Waals surface area (Å²) >= 11 is 0. The molecule has 5 heterocycles. The summed E-state index contributed by atoms with van der Waals surface area (Å²) in [6, 6.07) is 15.5. The maximum absolute atomic E-state index is 13.0. The van der Waals surface area contributed by atoms with Gasteiger partial charge in [0.15, 0.2) is 0 Å². The molecule has 0 aliphatic carbocycles. The van der Waals surface area contributed by atoms with Crippen molar-refractivity contribution in [1.82, 2.24) is 40.0 Å². The molecule has 0 unspecified atom stereocenters. The number of carbonyl (C=O) groups excluding carboxylic acids is 3. The van der Waals surface area contributed by atoms with Crippen molar-refractivity contribution in [3.05, 3.63) is 90.9 Å². The Bertz CT molecular complexity index is 1900. The van der Waals surface area contributed by atoms with Gasteiger partial charge in [-0.25, -0.2) is 19.7 Å². The molecule has 13 nitrogen and oxygen atoms in total. The lowest BCUT2D eigenvalue weighted by Gasteiger charge is -2.26. The van der Waals surface area contributed by atoms with Crippen LogP contribution in [0.25, 0.3) is 33.6 Å². The monoisotopic (exact) mass is 648 g/mol. The van der Waals surface area contributed by atoms with Gasteiger partial charge in [0.2, 0.25) is 5.91 Å². The Morgan fingerprint density at radius 2 is 1.33 bits per heavy atom. The van der Waals surface area contributed by atoms with Gasteiger partial charge in [0.1, 0.15) is 24.0 Å². The molecule has 2 fully saturated rings. The number of alkyl carbamates (subject to hydrolysis) is 1. The molecule has 7 rings (SSSR count). The fourth-order valence-corrected chi connectivity index (χ4v) is 6.60. The first-order valence-corrected chi connectivity index (χ1v) is 16.1. The second kappa shape index (κ2) is 13.2. The van der Waals surface area contributed by atoms with Crippen molar-refractivity contribution >= 4 is 17.9 Å². The van der Waals surface area contributed by atoms with E-state index in [9.17, 15) is 14.4 Å². The number of nitrogens with one attached hydrogen (secondary N) is 3. The zero-order valence-corrected chi connectivity index (χ0v) is 26.7. The van der Waals surface area contributed by atoms with Crippen molar-refractivity contribution in [3.63, 3.8) is 0 Å². The Labute approximate surface area is 276 Å². The summed E-state index contributed by atoms with van der Waals surface area (Å²) in [4.78, 5) is 61.2. The van der Waals surface area contributed by atoms with Crippen LogP contribution in [0.3, 0.4) is 0 Å². The van der Waals surface area contributed by atoms with Gasteiger partial charge in [-0.15, -0.1) is 0 Å². The third-order valence-electron chi connectivity index (χ3n) is 9.10. The zero-order chi connectivity index (χ0) is 33.2. The van der Waals surface area contributed by atoms with E-state index in [1.807, 2.05) is 6.20 Å². The molecule has 2 saturated heterocycles. The van der Waals surface area contributed by atoms with E-state index in [-0.39, 0.29) is 29.8 Å². The number of hydrogen-bond donors (Lipinski definition) is 3. The summed E-state index contributed by atoms with van der Waals surface area (Å²) in [5.41, 5.74) is 5.87. The fourth-order valence-electron chi connectivity index (χ4n) is 6.60. The van der Waals surface area contributed by atoms with Crippen molar-refractivity contribution in [3.8, 4) is 33.6 Å². The second-order valence-electron chi connectivity index (χ2n) is 12.1. The number of methoxy groups -OCH3 is 1. The minimum absolute atomic E-state index is 0.0953. The Morgan fingerprint density at radius 1 is 0.812 bits per heavy atom. The Morgan fingerprint density at radius 3 is 1.85 bits per heavy atom. The number of amides is 3. The molecular formula is C35H36N8O5. The van der Waals surface area contributed by atoms with E-state index in [4.69, 9.17) is 4.42 Å². The highest BCUT2D eigenvalue weighted by Crippen LogP contribution is 2.34. The molecule has 0 radical (unpaired) electrons. The molecule has 0 bridgehead atoms. The van der Waals surface area contributed by atoms with E-state index in [1.165, 1.54) is 19.6 Å². The number of nitrogens with zero attached hydrogens (tertiary/aromatic N) is 5. The third kappa shape index (κ3) is 6.06. The van der Waals surface area contributed by atoms with Gasteiger partial charge >= 0.3 is 12.0 Å². The van der Waals surface area contributed by atoms with Gasteiger partial charge < -0.3 is 34.2 Å². The van der Waals surface area contributed by atoms with Crippen LogP contribution in [-0.4, -0.2) is 78.9 Å². The average molecular weight is 649 g/mol. The molecule has 3 amide bonds. The first-order chi connectivity index (χ1) is 23.4. The summed E-state index contributed by atoms with van der Waals surface area (Å²) in [7, 11) is 1.27. The van der Waals surface area contributed by atoms with Gasteiger partial charge in [0, 0.05) is 13.1 Å². The topological polar surface area (TPSA) is 162 Å². The number of carbonyl (C=O) groups is 3. The third-order valence-corrected chi connectivity index (χ3v) is 9.10. The number of oxazole rings is 1. The number of imidazole rings is 2. The Balaban J connectivity index is 1.00. The molecule has 0 saturated carbocycles. The van der Waals surface area contributed by atoms with E-state index in [2.05, 4.69) is 83.5 Å². The number of hydrogen-bond acceptors (Lipinski definition) is 8. The van der Waals surface area contributed by atoms with Crippen LogP contribution >= 0.6 is 0 Å². The van der Waals surface area contributed by atoms with Gasteiger partial charge in [-0.1, -0.05) is 48.5 Å². The minimum atomic E-state index is -0.697. The van der Waals surface area contributed by atoms with E-state index < -0.39 is 12.1 Å². The van der Waals surface area contributed by atoms with Crippen LogP contribution in [0.2, 0.25) is 0 Å². The van der Waals surface area contributed by atoms with E-state index in [0.29, 0.717) is 13.1 Å². The maximum atomic E-state index is 13.0. The lowest BCUT2D eigenvalue weighted by molar-refractivity contribution is -0.134. The van der Waals surface area contributed by atoms with Gasteiger partial charge in [0.05, 0.1) is 49.2 Å². The van der Waals surface area contributed by atoms with Gasteiger partial charge in [-0.2, -0.15) is 0 Å². The largest absolute Gasteiger partial charge is 0.453 e. The van der Waals surface area contributed by atoms with Crippen molar-refractivity contribution in [1.29, 1.82) is 0 Å². The Hall–Kier alpha value is -5.72. The molecule has 3 N–H and O–H groups in total. The van der Waals surface area contributed by atoms with Crippen molar-refractivity contribution in [2.75, 3.05) is 20.2 Å². The lowest BCUT2D eigenvalue weighted by atomic mass is 10.0. The summed E-state index contributed by atoms with van der Waals surface area (Å²) in [5.74, 6) is 1.18. The number of likely N-dealkylation sites (tertiary alicyclic amines) is 2. The number of aromatic nitrogens is 5. The summed E-state index contributed by atoms with van der Waals surface area (Å²) in [5, 5.41) is 2.56. The van der Waals surface area contributed by atoms with Crippen molar-refractivity contribution in [2.24, 2.45) is 0 Å². The summed E-state index contributed by atoms with van der Waals surface area (Å²) in [6.07, 6.45) is 9.21. The highest BCUT2D eigenvalue weighted by Gasteiger charge is 2.36. The number of rotatable bonds is 8. The van der Waals surface area contributed by atoms with Crippen LogP contribution < -0.4 is 5.32 Å². The number of H-pyrrole nitrogens is 2. The predicted molar refractivity (Wildman–Crippen MR) is 175 cm³/mol. The smallest absolute Gasteiger partial charge is 0.407 e. The van der Waals surface area contributed by atoms with Crippen LogP contribution in [-0.2, 0) is 9.53 Å². The summed E-state index contributed by atoms with van der Waals surface area (Å²) in [6.45, 7) is 2.89. The number of benzene rings is 2. The molecule has 0 spiro atoms. The highest BCUT2D eigenvalue weighted by molar-refractivity contribution is 5.90. The van der Waals surface area contributed by atoms with Gasteiger partial charge in [-0.05, 0) is 54.9 Å². The Kier molecular flexibility index (Phi) is 8.49. The van der Waals surface area contributed by atoms with E-state index in [1.54, 1.807) is 22.9 Å². The molecule has 3 atom stereocenters. The lowest BCUT2D eigenvalue weighted by Crippen LogP contribution is -2.46. The van der Waals surface area contributed by atoms with Crippen molar-refractivity contribution in [2.45, 2.75) is 50.7 Å². The average Bonchev–Trinajstić information content (AvgIpc) is 3.97. The highest BCUT2D eigenvalue weighted by atomic mass is 16.5. The molecule has 13 heteroatoms. The van der Waals surface area contributed by atoms with E-state index in [0.717, 1.165) is 71.0 Å². The SMILES string of the molecule is COC(=O)N[C@@H](C)C(=O)N1CCC[C@H]1c1ncc(-c2ccc(-c3ccc(-c4cnc([C@@H]5CCCN5C(=O)c5ncco5)[nH]4)cc3)cc2)[nH]1. The normalized spacial score (nSPS) is 18.2. The maximum Gasteiger partial charge on any atom is 0.407 e. The predicted octanol–water partition coefficient (Wildman–Crippen LogP) is 5.51. The summed E-state index contributed by atoms with van der Waals surface area (Å²) < 4.78 is 9.87. The first kappa shape index (κ1) is 30.9. The molecule has 2 aliphatic heterocycles. The van der Waals surface area contributed by atoms with Crippen LogP contribution in [0, 0.1) is 0 Å². The van der Waals surface area contributed by atoms with E-state index >= 15 is 0 Å². The molecular weight excluding hydrogens is 612 g/mol. The molecule has 2 aromatic carbocycles.